The van der Waals surface area contributed by atoms with Crippen LogP contribution in [-0.2, 0) is 17.9 Å². The van der Waals surface area contributed by atoms with Gasteiger partial charge < -0.3 is 14.7 Å². The van der Waals surface area contributed by atoms with Gasteiger partial charge in [-0.2, -0.15) is 4.31 Å². The monoisotopic (exact) mass is 536 g/mol. The van der Waals surface area contributed by atoms with Crippen LogP contribution in [0.2, 0.25) is 0 Å². The number of aryl methyl sites for hydroxylation is 1. The highest BCUT2D eigenvalue weighted by Crippen LogP contribution is 2.57. The first kappa shape index (κ1) is 26.2. The van der Waals surface area contributed by atoms with Crippen molar-refractivity contribution in [3.63, 3.8) is 0 Å². The molecule has 9 heteroatoms. The highest BCUT2D eigenvalue weighted by atomic mass is 32.3. The van der Waals surface area contributed by atoms with Gasteiger partial charge in [-0.3, -0.25) is 18.7 Å². The van der Waals surface area contributed by atoms with Gasteiger partial charge in [0.25, 0.3) is 5.91 Å². The van der Waals surface area contributed by atoms with Crippen LogP contribution in [0, 0.1) is 6.92 Å². The molecule has 3 aromatic carbocycles. The Labute approximate surface area is 223 Å². The highest BCUT2D eigenvalue weighted by Gasteiger charge is 2.34. The minimum atomic E-state index is -3.31. The molecule has 1 unspecified atom stereocenters. The molecule has 3 N–H and O–H groups in total. The number of para-hydroxylation sites is 1. The Kier molecular flexibility index (Phi) is 6.96. The van der Waals surface area contributed by atoms with Crippen molar-refractivity contribution in [3.05, 3.63) is 94.0 Å². The number of carboxylic acid groups (broad SMARTS) is 1. The number of amides is 1. The molecular formula is C29H32N2O6S. The van der Waals surface area contributed by atoms with E-state index in [-0.39, 0.29) is 25.0 Å². The Bertz CT molecular complexity index is 1410. The zero-order valence-electron chi connectivity index (χ0n) is 21.6. The van der Waals surface area contributed by atoms with Crippen molar-refractivity contribution in [1.82, 2.24) is 9.21 Å². The SMILES string of the molecule is Cc1ccc(C(CC(=O)O)c2ccc3c(c2)CN(C)C3=O)cc1CN1C[C@@H](C)Oc2ccccc2S1(O)O. The molecule has 2 aliphatic rings. The Morgan fingerprint density at radius 2 is 1.82 bits per heavy atom. The molecule has 0 saturated heterocycles. The lowest BCUT2D eigenvalue weighted by atomic mass is 9.85. The molecule has 0 bridgehead atoms. The summed E-state index contributed by atoms with van der Waals surface area (Å²) >= 11 is 0. The van der Waals surface area contributed by atoms with Crippen molar-refractivity contribution in [2.75, 3.05) is 13.6 Å². The molecule has 0 radical (unpaired) electrons. The molecule has 2 heterocycles. The predicted octanol–water partition coefficient (Wildman–Crippen LogP) is 5.49. The van der Waals surface area contributed by atoms with Crippen LogP contribution >= 0.6 is 10.8 Å². The van der Waals surface area contributed by atoms with Gasteiger partial charge >= 0.3 is 5.97 Å². The van der Waals surface area contributed by atoms with E-state index in [1.54, 1.807) is 46.6 Å². The second kappa shape index (κ2) is 10.1. The summed E-state index contributed by atoms with van der Waals surface area (Å²) in [4.78, 5) is 26.3. The van der Waals surface area contributed by atoms with Crippen LogP contribution in [0.5, 0.6) is 5.75 Å². The molecule has 0 aliphatic carbocycles. The van der Waals surface area contributed by atoms with E-state index in [1.807, 2.05) is 44.2 Å². The molecule has 2 atom stereocenters. The van der Waals surface area contributed by atoms with E-state index in [2.05, 4.69) is 0 Å². The molecule has 38 heavy (non-hydrogen) atoms. The number of aliphatic carboxylic acids is 1. The van der Waals surface area contributed by atoms with Crippen LogP contribution in [0.25, 0.3) is 0 Å². The third kappa shape index (κ3) is 4.90. The summed E-state index contributed by atoms with van der Waals surface area (Å²) in [6.07, 6.45) is -0.372. The fourth-order valence-electron chi connectivity index (χ4n) is 5.29. The Morgan fingerprint density at radius 3 is 2.58 bits per heavy atom. The summed E-state index contributed by atoms with van der Waals surface area (Å²) in [5, 5.41) is 9.74. The van der Waals surface area contributed by atoms with Crippen molar-refractivity contribution >= 4 is 22.7 Å². The number of hydrogen-bond acceptors (Lipinski definition) is 6. The number of carboxylic acids is 1. The fourth-order valence-corrected chi connectivity index (χ4v) is 6.95. The van der Waals surface area contributed by atoms with Gasteiger partial charge in [-0.15, -0.1) is 10.8 Å². The third-order valence-corrected chi connectivity index (χ3v) is 9.24. The van der Waals surface area contributed by atoms with E-state index in [1.165, 1.54) is 0 Å². The standard InChI is InChI=1S/C29H32N2O6S/c1-18-8-9-20(25(14-28(32)33)21-10-11-24-23(13-21)16-30(3)29(24)34)12-22(18)17-31-15-19(2)37-26-6-4-5-7-27(26)38(31,35)36/h4-13,19,25,35-36H,14-17H2,1-3H3,(H,32,33)/t19-,25?/m1/s1. The molecular weight excluding hydrogens is 504 g/mol. The first-order valence-electron chi connectivity index (χ1n) is 12.5. The topological polar surface area (TPSA) is 111 Å². The van der Waals surface area contributed by atoms with Crippen molar-refractivity contribution in [2.24, 2.45) is 0 Å². The lowest BCUT2D eigenvalue weighted by Crippen LogP contribution is -2.33. The van der Waals surface area contributed by atoms with E-state index in [0.29, 0.717) is 29.3 Å². The van der Waals surface area contributed by atoms with Gasteiger partial charge in [0.15, 0.2) is 0 Å². The molecule has 8 nitrogen and oxygen atoms in total. The van der Waals surface area contributed by atoms with Gasteiger partial charge in [-0.1, -0.05) is 42.5 Å². The van der Waals surface area contributed by atoms with E-state index < -0.39 is 22.7 Å². The maximum atomic E-state index is 12.4. The summed E-state index contributed by atoms with van der Waals surface area (Å²) in [5.41, 5.74) is 5.04. The molecule has 1 amide bonds. The Hall–Kier alpha value is -3.37. The number of carbonyl (C=O) groups excluding carboxylic acids is 1. The van der Waals surface area contributed by atoms with Crippen molar-refractivity contribution in [1.29, 1.82) is 0 Å². The minimum absolute atomic E-state index is 0.0322. The highest BCUT2D eigenvalue weighted by molar-refractivity contribution is 8.22. The van der Waals surface area contributed by atoms with Crippen LogP contribution in [0.1, 0.15) is 57.4 Å². The molecule has 2 aliphatic heterocycles. The quantitative estimate of drug-likeness (QED) is 0.382. The largest absolute Gasteiger partial charge is 0.487 e. The van der Waals surface area contributed by atoms with E-state index in [4.69, 9.17) is 4.74 Å². The average Bonchev–Trinajstić information content (AvgIpc) is 3.10. The maximum Gasteiger partial charge on any atom is 0.304 e. The molecule has 5 rings (SSSR count). The molecule has 3 aromatic rings. The number of carbonyl (C=O) groups is 2. The van der Waals surface area contributed by atoms with Gasteiger partial charge in [0.1, 0.15) is 16.7 Å². The third-order valence-electron chi connectivity index (χ3n) is 7.31. The summed E-state index contributed by atoms with van der Waals surface area (Å²) < 4.78 is 30.3. The Morgan fingerprint density at radius 1 is 1.11 bits per heavy atom. The first-order chi connectivity index (χ1) is 18.0. The number of nitrogens with zero attached hydrogens (tertiary/aromatic N) is 2. The second-order valence-electron chi connectivity index (χ2n) is 10.1. The molecule has 0 saturated carbocycles. The summed E-state index contributed by atoms with van der Waals surface area (Å²) in [6.45, 7) is 4.92. The second-order valence-corrected chi connectivity index (χ2v) is 12.1. The summed E-state index contributed by atoms with van der Waals surface area (Å²) in [5.74, 6) is -0.911. The smallest absolute Gasteiger partial charge is 0.304 e. The summed E-state index contributed by atoms with van der Waals surface area (Å²) in [6, 6.07) is 18.4. The molecule has 0 spiro atoms. The van der Waals surface area contributed by atoms with Crippen LogP contribution in [-0.4, -0.2) is 55.0 Å². The van der Waals surface area contributed by atoms with Gasteiger partial charge in [-0.25, -0.2) is 0 Å². The maximum absolute atomic E-state index is 12.4. The lowest BCUT2D eigenvalue weighted by Gasteiger charge is -2.42. The van der Waals surface area contributed by atoms with Crippen LogP contribution in [0.3, 0.4) is 0 Å². The normalized spacial score (nSPS) is 20.2. The lowest BCUT2D eigenvalue weighted by molar-refractivity contribution is -0.137. The predicted molar refractivity (Wildman–Crippen MR) is 146 cm³/mol. The number of fused-ring (bicyclic) bond motifs is 2. The van der Waals surface area contributed by atoms with E-state index in [0.717, 1.165) is 27.8 Å². The van der Waals surface area contributed by atoms with E-state index in [9.17, 15) is 23.8 Å². The van der Waals surface area contributed by atoms with E-state index >= 15 is 0 Å². The Balaban J connectivity index is 1.50. The van der Waals surface area contributed by atoms with Gasteiger partial charge in [0.2, 0.25) is 0 Å². The van der Waals surface area contributed by atoms with Crippen LogP contribution in [0.4, 0.5) is 0 Å². The number of benzene rings is 3. The van der Waals surface area contributed by atoms with Gasteiger partial charge in [0.05, 0.1) is 13.0 Å². The first-order valence-corrected chi connectivity index (χ1v) is 14.0. The van der Waals surface area contributed by atoms with Crippen molar-refractivity contribution in [3.8, 4) is 5.75 Å². The van der Waals surface area contributed by atoms with Gasteiger partial charge in [-0.05, 0) is 59.9 Å². The fraction of sp³-hybridized carbons (Fsp3) is 0.310. The zero-order chi connectivity index (χ0) is 27.2. The molecule has 200 valence electrons. The summed E-state index contributed by atoms with van der Waals surface area (Å²) in [7, 11) is -1.56. The zero-order valence-corrected chi connectivity index (χ0v) is 22.4. The van der Waals surface area contributed by atoms with Crippen LogP contribution < -0.4 is 4.74 Å². The van der Waals surface area contributed by atoms with Crippen molar-refractivity contribution in [2.45, 2.75) is 50.3 Å². The molecule has 0 aromatic heterocycles. The van der Waals surface area contributed by atoms with Gasteiger partial charge in [0, 0.05) is 31.6 Å². The average molecular weight is 537 g/mol. The number of hydrogen-bond donors (Lipinski definition) is 3. The number of ether oxygens (including phenoxy) is 1. The minimum Gasteiger partial charge on any atom is -0.487 e. The van der Waals surface area contributed by atoms with Crippen molar-refractivity contribution < 1.29 is 28.5 Å². The number of rotatable bonds is 6. The van der Waals surface area contributed by atoms with Crippen LogP contribution in [0.15, 0.2) is 65.6 Å². The molecule has 0 fully saturated rings.